The average molecular weight is 301 g/mol. The third-order valence-corrected chi connectivity index (χ3v) is 3.03. The number of amides is 1. The van der Waals surface area contributed by atoms with Crippen molar-refractivity contribution in [1.29, 1.82) is 0 Å². The highest BCUT2D eigenvalue weighted by Gasteiger charge is 2.18. The van der Waals surface area contributed by atoms with Gasteiger partial charge in [-0.2, -0.15) is 0 Å². The van der Waals surface area contributed by atoms with Gasteiger partial charge in [-0.05, 0) is 18.4 Å². The maximum Gasteiger partial charge on any atom is 0.270 e. The monoisotopic (exact) mass is 300 g/mol. The number of hydrogen-bond donors (Lipinski definition) is 2. The summed E-state index contributed by atoms with van der Waals surface area (Å²) in [5.41, 5.74) is -0.0214. The van der Waals surface area contributed by atoms with E-state index in [0.29, 0.717) is 12.3 Å². The molecule has 0 heterocycles. The third-order valence-electron chi connectivity index (χ3n) is 2.72. The zero-order valence-electron chi connectivity index (χ0n) is 11.3. The lowest BCUT2D eigenvalue weighted by atomic mass is 10.0. The van der Waals surface area contributed by atoms with Crippen molar-refractivity contribution in [3.63, 3.8) is 0 Å². The maximum atomic E-state index is 12.0. The molecule has 20 heavy (non-hydrogen) atoms. The Morgan fingerprint density at radius 3 is 2.60 bits per heavy atom. The minimum atomic E-state index is -0.581. The summed E-state index contributed by atoms with van der Waals surface area (Å²) in [4.78, 5) is 22.0. The van der Waals surface area contributed by atoms with Crippen molar-refractivity contribution in [2.24, 2.45) is 5.92 Å². The van der Waals surface area contributed by atoms with Crippen LogP contribution >= 0.6 is 11.6 Å². The summed E-state index contributed by atoms with van der Waals surface area (Å²) in [5, 5.41) is 22.5. The quantitative estimate of drug-likeness (QED) is 0.623. The van der Waals surface area contributed by atoms with Gasteiger partial charge >= 0.3 is 0 Å². The van der Waals surface area contributed by atoms with Gasteiger partial charge in [0.2, 0.25) is 0 Å². The second-order valence-corrected chi connectivity index (χ2v) is 5.31. The molecule has 7 heteroatoms. The van der Waals surface area contributed by atoms with E-state index in [1.165, 1.54) is 12.1 Å². The Morgan fingerprint density at radius 1 is 1.50 bits per heavy atom. The molecule has 0 fully saturated rings. The number of non-ortho nitro benzene ring substituents is 1. The first-order valence-electron chi connectivity index (χ1n) is 6.20. The summed E-state index contributed by atoms with van der Waals surface area (Å²) in [6.07, 6.45) is 0.632. The van der Waals surface area contributed by atoms with Crippen molar-refractivity contribution in [3.8, 4) is 0 Å². The molecule has 1 rings (SSSR count). The molecular weight excluding hydrogens is 284 g/mol. The molecule has 0 saturated heterocycles. The summed E-state index contributed by atoms with van der Waals surface area (Å²) in [5.74, 6) is -0.135. The van der Waals surface area contributed by atoms with Crippen LogP contribution in [0.4, 0.5) is 5.69 Å². The first kappa shape index (κ1) is 16.4. The van der Waals surface area contributed by atoms with Gasteiger partial charge in [0.05, 0.1) is 28.2 Å². The number of nitrogens with one attached hydrogen (secondary N) is 1. The molecule has 1 aromatic rings. The van der Waals surface area contributed by atoms with E-state index in [9.17, 15) is 20.0 Å². The number of rotatable bonds is 6. The molecule has 0 aliphatic rings. The molecule has 110 valence electrons. The van der Waals surface area contributed by atoms with E-state index in [-0.39, 0.29) is 28.9 Å². The number of nitrogens with zero attached hydrogens (tertiary/aromatic N) is 1. The van der Waals surface area contributed by atoms with Crippen molar-refractivity contribution in [3.05, 3.63) is 38.9 Å². The van der Waals surface area contributed by atoms with Gasteiger partial charge in [-0.1, -0.05) is 25.4 Å². The minimum Gasteiger partial charge on any atom is -0.394 e. The van der Waals surface area contributed by atoms with Crippen molar-refractivity contribution in [2.75, 3.05) is 6.61 Å². The largest absolute Gasteiger partial charge is 0.394 e. The van der Waals surface area contributed by atoms with Gasteiger partial charge in [0, 0.05) is 12.1 Å². The molecule has 0 spiro atoms. The van der Waals surface area contributed by atoms with E-state index in [4.69, 9.17) is 11.6 Å². The predicted octanol–water partition coefficient (Wildman–Crippen LogP) is 2.39. The maximum absolute atomic E-state index is 12.0. The van der Waals surface area contributed by atoms with Crippen LogP contribution in [0.2, 0.25) is 5.02 Å². The van der Waals surface area contributed by atoms with Gasteiger partial charge in [0.1, 0.15) is 0 Å². The Labute approximate surface area is 121 Å². The highest BCUT2D eigenvalue weighted by atomic mass is 35.5. The van der Waals surface area contributed by atoms with Crippen molar-refractivity contribution >= 4 is 23.2 Å². The highest BCUT2D eigenvalue weighted by molar-refractivity contribution is 6.34. The van der Waals surface area contributed by atoms with E-state index < -0.39 is 10.8 Å². The number of benzene rings is 1. The zero-order valence-corrected chi connectivity index (χ0v) is 12.1. The summed E-state index contributed by atoms with van der Waals surface area (Å²) >= 11 is 5.87. The minimum absolute atomic E-state index is 0.0120. The molecule has 0 aliphatic carbocycles. The lowest BCUT2D eigenvalue weighted by Gasteiger charge is -2.18. The number of aliphatic hydroxyl groups excluding tert-OH is 1. The van der Waals surface area contributed by atoms with Crippen LogP contribution in [0.5, 0.6) is 0 Å². The van der Waals surface area contributed by atoms with E-state index in [0.717, 1.165) is 6.07 Å². The van der Waals surface area contributed by atoms with Crippen molar-refractivity contribution in [1.82, 2.24) is 5.32 Å². The number of halogens is 1. The van der Waals surface area contributed by atoms with Gasteiger partial charge in [0.15, 0.2) is 0 Å². The Hall–Kier alpha value is -1.66. The highest BCUT2D eigenvalue weighted by Crippen LogP contribution is 2.22. The number of nitro groups is 1. The van der Waals surface area contributed by atoms with Gasteiger partial charge < -0.3 is 10.4 Å². The SMILES string of the molecule is CC(C)CC(CO)NC(=O)c1ccc([N+](=O)[O-])cc1Cl. The molecule has 0 saturated carbocycles. The second-order valence-electron chi connectivity index (χ2n) is 4.90. The van der Waals surface area contributed by atoms with Crippen molar-refractivity contribution < 1.29 is 14.8 Å². The van der Waals surface area contributed by atoms with Crippen LogP contribution in [-0.4, -0.2) is 28.6 Å². The van der Waals surface area contributed by atoms with Gasteiger partial charge in [0.25, 0.3) is 11.6 Å². The normalized spacial score (nSPS) is 12.2. The van der Waals surface area contributed by atoms with Gasteiger partial charge in [-0.15, -0.1) is 0 Å². The van der Waals surface area contributed by atoms with Gasteiger partial charge in [-0.3, -0.25) is 14.9 Å². The summed E-state index contributed by atoms with van der Waals surface area (Å²) in [7, 11) is 0. The number of nitro benzene ring substituents is 1. The van der Waals surface area contributed by atoms with E-state index >= 15 is 0 Å². The van der Waals surface area contributed by atoms with Crippen LogP contribution in [0.25, 0.3) is 0 Å². The van der Waals surface area contributed by atoms with Crippen molar-refractivity contribution in [2.45, 2.75) is 26.3 Å². The predicted molar refractivity (Wildman–Crippen MR) is 75.9 cm³/mol. The van der Waals surface area contributed by atoms with Crippen LogP contribution in [-0.2, 0) is 0 Å². The number of hydrogen-bond acceptors (Lipinski definition) is 4. The second kappa shape index (κ2) is 7.21. The Kier molecular flexibility index (Phi) is 5.91. The topological polar surface area (TPSA) is 92.5 Å². The lowest BCUT2D eigenvalue weighted by molar-refractivity contribution is -0.384. The molecular formula is C13H17ClN2O4. The smallest absolute Gasteiger partial charge is 0.270 e. The van der Waals surface area contributed by atoms with Crippen LogP contribution in [0.15, 0.2) is 18.2 Å². The number of carbonyl (C=O) groups excluding carboxylic acids is 1. The molecule has 0 aromatic heterocycles. The Bertz CT molecular complexity index is 505. The fourth-order valence-corrected chi connectivity index (χ4v) is 2.07. The molecule has 1 amide bonds. The fraction of sp³-hybridized carbons (Fsp3) is 0.462. The standard InChI is InChI=1S/C13H17ClN2O4/c1-8(2)5-9(7-17)15-13(18)11-4-3-10(16(19)20)6-12(11)14/h3-4,6,8-9,17H,5,7H2,1-2H3,(H,15,18). The molecule has 0 radical (unpaired) electrons. The molecule has 1 aromatic carbocycles. The van der Waals surface area contributed by atoms with Crippen LogP contribution in [0.1, 0.15) is 30.6 Å². The third kappa shape index (κ3) is 4.47. The van der Waals surface area contributed by atoms with Crippen LogP contribution < -0.4 is 5.32 Å². The summed E-state index contributed by atoms with van der Waals surface area (Å²) in [6.45, 7) is 3.79. The molecule has 1 unspecified atom stereocenters. The first-order valence-corrected chi connectivity index (χ1v) is 6.58. The summed E-state index contributed by atoms with van der Waals surface area (Å²) < 4.78 is 0. The van der Waals surface area contributed by atoms with E-state index in [1.54, 1.807) is 0 Å². The van der Waals surface area contributed by atoms with Crippen LogP contribution in [0, 0.1) is 16.0 Å². The Morgan fingerprint density at radius 2 is 2.15 bits per heavy atom. The van der Waals surface area contributed by atoms with Gasteiger partial charge in [-0.25, -0.2) is 0 Å². The lowest BCUT2D eigenvalue weighted by Crippen LogP contribution is -2.38. The van der Waals surface area contributed by atoms with Crippen LogP contribution in [0.3, 0.4) is 0 Å². The summed E-state index contributed by atoms with van der Waals surface area (Å²) in [6, 6.07) is 3.29. The fourth-order valence-electron chi connectivity index (χ4n) is 1.81. The van der Waals surface area contributed by atoms with E-state index in [2.05, 4.69) is 5.32 Å². The Balaban J connectivity index is 2.84. The molecule has 0 aliphatic heterocycles. The molecule has 0 bridgehead atoms. The molecule has 2 N–H and O–H groups in total. The molecule has 1 atom stereocenters. The first-order chi connectivity index (χ1) is 9.35. The van der Waals surface area contributed by atoms with E-state index in [1.807, 2.05) is 13.8 Å². The zero-order chi connectivity index (χ0) is 15.3. The number of carbonyl (C=O) groups is 1. The molecule has 6 nitrogen and oxygen atoms in total. The average Bonchev–Trinajstić information content (AvgIpc) is 2.36. The number of aliphatic hydroxyl groups is 1.